The van der Waals surface area contributed by atoms with Crippen LogP contribution in [0, 0.1) is 11.3 Å². The first-order valence-corrected chi connectivity index (χ1v) is 8.25. The number of benzene rings is 1. The van der Waals surface area contributed by atoms with Crippen LogP contribution >= 0.6 is 11.6 Å². The molecule has 0 spiro atoms. The zero-order chi connectivity index (χ0) is 16.2. The van der Waals surface area contributed by atoms with Crippen molar-refractivity contribution in [2.24, 2.45) is 5.14 Å². The van der Waals surface area contributed by atoms with Crippen LogP contribution in [0.1, 0.15) is 11.3 Å². The third-order valence-electron chi connectivity index (χ3n) is 2.92. The second-order valence-electron chi connectivity index (χ2n) is 4.50. The topological polar surface area (TPSA) is 109 Å². The minimum absolute atomic E-state index is 0.0854. The summed E-state index contributed by atoms with van der Waals surface area (Å²) in [6.07, 6.45) is 0.664. The third kappa shape index (κ3) is 4.18. The quantitative estimate of drug-likeness (QED) is 0.866. The molecule has 0 unspecified atom stereocenters. The van der Waals surface area contributed by atoms with Crippen LogP contribution in [0.5, 0.6) is 0 Å². The summed E-state index contributed by atoms with van der Waals surface area (Å²) in [6.45, 7) is 0.578. The highest BCUT2D eigenvalue weighted by Gasteiger charge is 2.07. The normalized spacial score (nSPS) is 11.0. The number of primary sulfonamides is 1. The van der Waals surface area contributed by atoms with Crippen LogP contribution in [0.25, 0.3) is 0 Å². The maximum Gasteiger partial charge on any atom is 0.238 e. The molecule has 0 fully saturated rings. The monoisotopic (exact) mass is 336 g/mol. The van der Waals surface area contributed by atoms with Crippen LogP contribution in [0.2, 0.25) is 5.02 Å². The van der Waals surface area contributed by atoms with Gasteiger partial charge in [0.25, 0.3) is 0 Å². The molecule has 0 radical (unpaired) electrons. The fraction of sp³-hybridized carbons (Fsp3) is 0.143. The van der Waals surface area contributed by atoms with Crippen LogP contribution in [-0.4, -0.2) is 19.9 Å². The number of nitrogens with two attached hydrogens (primary N) is 1. The van der Waals surface area contributed by atoms with Gasteiger partial charge in [0.05, 0.1) is 9.92 Å². The lowest BCUT2D eigenvalue weighted by atomic mass is 10.1. The Balaban J connectivity index is 1.95. The fourth-order valence-corrected chi connectivity index (χ4v) is 2.46. The molecule has 0 amide bonds. The first kappa shape index (κ1) is 16.2. The van der Waals surface area contributed by atoms with E-state index in [1.165, 1.54) is 12.1 Å². The van der Waals surface area contributed by atoms with Gasteiger partial charge >= 0.3 is 0 Å². The largest absolute Gasteiger partial charge is 0.370 e. The summed E-state index contributed by atoms with van der Waals surface area (Å²) in [5.74, 6) is 0.558. The Morgan fingerprint density at radius 3 is 2.50 bits per heavy atom. The van der Waals surface area contributed by atoms with E-state index in [0.717, 1.165) is 5.56 Å². The van der Waals surface area contributed by atoms with E-state index in [4.69, 9.17) is 22.0 Å². The molecule has 0 atom stereocenters. The number of hydrogen-bond acceptors (Lipinski definition) is 5. The molecule has 1 aromatic carbocycles. The number of pyridine rings is 1. The van der Waals surface area contributed by atoms with E-state index in [2.05, 4.69) is 10.3 Å². The minimum Gasteiger partial charge on any atom is -0.370 e. The molecule has 1 aromatic heterocycles. The van der Waals surface area contributed by atoms with Gasteiger partial charge in [-0.15, -0.1) is 0 Å². The Labute approximate surface area is 133 Å². The molecule has 2 rings (SSSR count). The average Bonchev–Trinajstić information content (AvgIpc) is 2.48. The standard InChI is InChI=1S/C14H13ClN4O2S/c15-12-5-6-14(19-13(12)9-16)18-8-7-10-1-3-11(4-2-10)22(17,20)21/h1-6H,7-8H2,(H,18,19)(H2,17,20,21). The van der Waals surface area contributed by atoms with E-state index < -0.39 is 10.0 Å². The number of aromatic nitrogens is 1. The lowest BCUT2D eigenvalue weighted by Crippen LogP contribution is -2.12. The number of halogens is 1. The third-order valence-corrected chi connectivity index (χ3v) is 4.16. The van der Waals surface area contributed by atoms with Crippen LogP contribution in [0.3, 0.4) is 0 Å². The van der Waals surface area contributed by atoms with E-state index in [0.29, 0.717) is 23.8 Å². The molecule has 0 bridgehead atoms. The molecular formula is C14H13ClN4O2S. The summed E-state index contributed by atoms with van der Waals surface area (Å²) in [7, 11) is -3.66. The number of nitrogens with one attached hydrogen (secondary N) is 1. The SMILES string of the molecule is N#Cc1nc(NCCc2ccc(S(N)(=O)=O)cc2)ccc1Cl. The summed E-state index contributed by atoms with van der Waals surface area (Å²) in [6, 6.07) is 11.6. The van der Waals surface area contributed by atoms with Crippen molar-refractivity contribution in [3.8, 4) is 6.07 Å². The van der Waals surface area contributed by atoms with Crippen molar-refractivity contribution in [3.63, 3.8) is 0 Å². The molecular weight excluding hydrogens is 324 g/mol. The van der Waals surface area contributed by atoms with Crippen molar-refractivity contribution < 1.29 is 8.42 Å². The second kappa shape index (κ2) is 6.75. The zero-order valence-corrected chi connectivity index (χ0v) is 13.0. The first-order valence-electron chi connectivity index (χ1n) is 6.32. The Bertz CT molecular complexity index is 814. The molecule has 6 nitrogen and oxygen atoms in total. The number of nitriles is 1. The number of anilines is 1. The van der Waals surface area contributed by atoms with Gasteiger partial charge in [-0.3, -0.25) is 0 Å². The molecule has 0 saturated heterocycles. The molecule has 0 aliphatic rings. The van der Waals surface area contributed by atoms with Gasteiger partial charge in [0, 0.05) is 6.54 Å². The summed E-state index contributed by atoms with van der Waals surface area (Å²) in [5.41, 5.74) is 1.12. The van der Waals surface area contributed by atoms with Crippen molar-refractivity contribution in [1.29, 1.82) is 5.26 Å². The van der Waals surface area contributed by atoms with E-state index in [9.17, 15) is 8.42 Å². The number of hydrogen-bond donors (Lipinski definition) is 2. The summed E-state index contributed by atoms with van der Waals surface area (Å²) in [4.78, 5) is 4.15. The average molecular weight is 337 g/mol. The maximum absolute atomic E-state index is 11.2. The first-order chi connectivity index (χ1) is 10.4. The van der Waals surface area contributed by atoms with Gasteiger partial charge in [0.15, 0.2) is 5.69 Å². The highest BCUT2D eigenvalue weighted by atomic mass is 35.5. The van der Waals surface area contributed by atoms with Gasteiger partial charge in [-0.1, -0.05) is 23.7 Å². The summed E-state index contributed by atoms with van der Waals surface area (Å²) < 4.78 is 22.3. The van der Waals surface area contributed by atoms with Crippen LogP contribution in [0.4, 0.5) is 5.82 Å². The smallest absolute Gasteiger partial charge is 0.238 e. The van der Waals surface area contributed by atoms with Crippen molar-refractivity contribution in [1.82, 2.24) is 4.98 Å². The lowest BCUT2D eigenvalue weighted by Gasteiger charge is -2.07. The molecule has 0 aliphatic heterocycles. The molecule has 0 aliphatic carbocycles. The highest BCUT2D eigenvalue weighted by molar-refractivity contribution is 7.89. The lowest BCUT2D eigenvalue weighted by molar-refractivity contribution is 0.598. The Morgan fingerprint density at radius 2 is 1.91 bits per heavy atom. The Hall–Kier alpha value is -2.14. The van der Waals surface area contributed by atoms with Gasteiger partial charge in [0.2, 0.25) is 10.0 Å². The van der Waals surface area contributed by atoms with Crippen molar-refractivity contribution >= 4 is 27.4 Å². The predicted molar refractivity (Wildman–Crippen MR) is 84.0 cm³/mol. The van der Waals surface area contributed by atoms with Crippen LogP contribution in [-0.2, 0) is 16.4 Å². The molecule has 114 valence electrons. The molecule has 3 N–H and O–H groups in total. The molecule has 1 heterocycles. The Morgan fingerprint density at radius 1 is 1.23 bits per heavy atom. The van der Waals surface area contributed by atoms with Gasteiger partial charge in [-0.2, -0.15) is 5.26 Å². The highest BCUT2D eigenvalue weighted by Crippen LogP contribution is 2.16. The van der Waals surface area contributed by atoms with Crippen molar-refractivity contribution in [2.75, 3.05) is 11.9 Å². The number of sulfonamides is 1. The summed E-state index contributed by atoms with van der Waals surface area (Å²) in [5, 5.41) is 17.3. The second-order valence-corrected chi connectivity index (χ2v) is 6.47. The summed E-state index contributed by atoms with van der Waals surface area (Å²) >= 11 is 5.81. The van der Waals surface area contributed by atoms with Gasteiger partial charge < -0.3 is 5.32 Å². The van der Waals surface area contributed by atoms with Gasteiger partial charge in [0.1, 0.15) is 11.9 Å². The Kier molecular flexibility index (Phi) is 4.98. The van der Waals surface area contributed by atoms with Crippen molar-refractivity contribution in [3.05, 3.63) is 52.7 Å². The molecule has 22 heavy (non-hydrogen) atoms. The minimum atomic E-state index is -3.66. The van der Waals surface area contributed by atoms with E-state index >= 15 is 0 Å². The fourth-order valence-electron chi connectivity index (χ4n) is 1.80. The van der Waals surface area contributed by atoms with Gasteiger partial charge in [-0.05, 0) is 36.2 Å². The molecule has 8 heteroatoms. The van der Waals surface area contributed by atoms with Gasteiger partial charge in [-0.25, -0.2) is 18.5 Å². The predicted octanol–water partition coefficient (Wildman–Crippen LogP) is 1.91. The maximum atomic E-state index is 11.2. The molecule has 2 aromatic rings. The van der Waals surface area contributed by atoms with Crippen molar-refractivity contribution in [2.45, 2.75) is 11.3 Å². The number of rotatable bonds is 5. The molecule has 0 saturated carbocycles. The van der Waals surface area contributed by atoms with E-state index in [1.54, 1.807) is 24.3 Å². The number of nitrogens with zero attached hydrogens (tertiary/aromatic N) is 2. The zero-order valence-electron chi connectivity index (χ0n) is 11.5. The van der Waals surface area contributed by atoms with E-state index in [-0.39, 0.29) is 10.6 Å². The van der Waals surface area contributed by atoms with Crippen LogP contribution < -0.4 is 10.5 Å². The van der Waals surface area contributed by atoms with E-state index in [1.807, 2.05) is 6.07 Å². The van der Waals surface area contributed by atoms with Crippen LogP contribution in [0.15, 0.2) is 41.3 Å².